The molecule has 2 aliphatic rings. The SMILES string of the molecule is N[C@@H]1CCN(CCOCCCC(=O)CCCCCNC(=O)NCCOCCN2CC[C@@H](N)C2)C1. The van der Waals surface area contributed by atoms with Gasteiger partial charge in [-0.1, -0.05) is 6.42 Å². The molecular weight excluding hydrogens is 436 g/mol. The van der Waals surface area contributed by atoms with Gasteiger partial charge in [-0.25, -0.2) is 4.79 Å². The fraction of sp³-hybridized carbons (Fsp3) is 0.917. The van der Waals surface area contributed by atoms with Gasteiger partial charge in [-0.2, -0.15) is 0 Å². The van der Waals surface area contributed by atoms with E-state index in [9.17, 15) is 9.59 Å². The van der Waals surface area contributed by atoms with Crippen molar-refractivity contribution in [2.24, 2.45) is 11.5 Å². The Morgan fingerprint density at radius 2 is 1.32 bits per heavy atom. The summed E-state index contributed by atoms with van der Waals surface area (Å²) < 4.78 is 11.2. The summed E-state index contributed by atoms with van der Waals surface area (Å²) in [7, 11) is 0. The lowest BCUT2D eigenvalue weighted by Crippen LogP contribution is -2.38. The number of amides is 2. The molecular formula is C24H48N6O4. The van der Waals surface area contributed by atoms with Gasteiger partial charge in [0.1, 0.15) is 5.78 Å². The van der Waals surface area contributed by atoms with Gasteiger partial charge in [0, 0.05) is 70.8 Å². The van der Waals surface area contributed by atoms with E-state index in [4.69, 9.17) is 20.9 Å². The summed E-state index contributed by atoms with van der Waals surface area (Å²) in [4.78, 5) is 28.4. The predicted octanol–water partition coefficient (Wildman–Crippen LogP) is 0.295. The molecule has 2 atom stereocenters. The Labute approximate surface area is 205 Å². The van der Waals surface area contributed by atoms with Crippen molar-refractivity contribution in [2.45, 2.75) is 63.5 Å². The van der Waals surface area contributed by atoms with Gasteiger partial charge in [0.25, 0.3) is 0 Å². The van der Waals surface area contributed by atoms with Crippen LogP contribution in [0.3, 0.4) is 0 Å². The number of ether oxygens (including phenoxy) is 2. The lowest BCUT2D eigenvalue weighted by atomic mass is 10.1. The summed E-state index contributed by atoms with van der Waals surface area (Å²) in [6.45, 7) is 9.48. The van der Waals surface area contributed by atoms with Gasteiger partial charge < -0.3 is 31.6 Å². The van der Waals surface area contributed by atoms with Gasteiger partial charge in [0.2, 0.25) is 0 Å². The first kappa shape index (κ1) is 28.9. The molecule has 2 rings (SSSR count). The van der Waals surface area contributed by atoms with Crippen LogP contribution in [0, 0.1) is 0 Å². The number of hydrogen-bond acceptors (Lipinski definition) is 8. The van der Waals surface area contributed by atoms with Crippen molar-refractivity contribution >= 4 is 11.8 Å². The minimum Gasteiger partial charge on any atom is -0.380 e. The van der Waals surface area contributed by atoms with Crippen LogP contribution in [-0.4, -0.2) is 112 Å². The molecule has 2 heterocycles. The second kappa shape index (κ2) is 18.0. The molecule has 0 unspecified atom stereocenters. The molecule has 2 saturated heterocycles. The Morgan fingerprint density at radius 1 is 0.735 bits per heavy atom. The molecule has 10 heteroatoms. The summed E-state index contributed by atoms with van der Waals surface area (Å²) in [5.41, 5.74) is 11.8. The summed E-state index contributed by atoms with van der Waals surface area (Å²) in [5.74, 6) is 0.299. The van der Waals surface area contributed by atoms with E-state index in [1.807, 2.05) is 0 Å². The number of carbonyl (C=O) groups excluding carboxylic acids is 2. The molecule has 10 nitrogen and oxygen atoms in total. The van der Waals surface area contributed by atoms with Crippen LogP contribution in [0.25, 0.3) is 0 Å². The second-order valence-electron chi connectivity index (χ2n) is 9.56. The molecule has 0 bridgehead atoms. The number of hydrogen-bond donors (Lipinski definition) is 4. The first-order valence-corrected chi connectivity index (χ1v) is 13.2. The lowest BCUT2D eigenvalue weighted by molar-refractivity contribution is -0.119. The maximum absolute atomic E-state index is 12.0. The number of Topliss-reactive ketones (excluding diaryl/α,β-unsaturated/α-hetero) is 1. The molecule has 198 valence electrons. The molecule has 0 aliphatic carbocycles. The van der Waals surface area contributed by atoms with Crippen molar-refractivity contribution < 1.29 is 19.1 Å². The molecule has 0 radical (unpaired) electrons. The summed E-state index contributed by atoms with van der Waals surface area (Å²) in [6.07, 6.45) is 6.79. The zero-order valence-corrected chi connectivity index (χ0v) is 21.0. The molecule has 34 heavy (non-hydrogen) atoms. The fourth-order valence-corrected chi connectivity index (χ4v) is 4.34. The van der Waals surface area contributed by atoms with Gasteiger partial charge in [-0.3, -0.25) is 14.6 Å². The number of likely N-dealkylation sites (tertiary alicyclic amines) is 2. The smallest absolute Gasteiger partial charge is 0.314 e. The summed E-state index contributed by atoms with van der Waals surface area (Å²) in [6, 6.07) is 0.440. The third-order valence-electron chi connectivity index (χ3n) is 6.42. The minimum atomic E-state index is -0.169. The molecule has 2 amide bonds. The van der Waals surface area contributed by atoms with E-state index >= 15 is 0 Å². The Hall–Kier alpha value is -1.30. The highest BCUT2D eigenvalue weighted by atomic mass is 16.5. The monoisotopic (exact) mass is 484 g/mol. The van der Waals surface area contributed by atoms with Crippen molar-refractivity contribution in [3.05, 3.63) is 0 Å². The lowest BCUT2D eigenvalue weighted by Gasteiger charge is -2.15. The number of nitrogens with zero attached hydrogens (tertiary/aromatic N) is 2. The van der Waals surface area contributed by atoms with E-state index in [2.05, 4.69) is 20.4 Å². The van der Waals surface area contributed by atoms with Gasteiger partial charge in [0.15, 0.2) is 0 Å². The Bertz CT molecular complexity index is 520. The highest BCUT2D eigenvalue weighted by Gasteiger charge is 2.18. The van der Waals surface area contributed by atoms with Crippen molar-refractivity contribution in [3.8, 4) is 0 Å². The Balaban J connectivity index is 1.27. The summed E-state index contributed by atoms with van der Waals surface area (Å²) >= 11 is 0. The molecule has 0 saturated carbocycles. The van der Waals surface area contributed by atoms with Crippen molar-refractivity contribution in [1.29, 1.82) is 0 Å². The predicted molar refractivity (Wildman–Crippen MR) is 134 cm³/mol. The van der Waals surface area contributed by atoms with E-state index in [1.165, 1.54) is 0 Å². The minimum absolute atomic E-state index is 0.169. The number of carbonyl (C=O) groups is 2. The molecule has 2 fully saturated rings. The van der Waals surface area contributed by atoms with Crippen LogP contribution >= 0.6 is 0 Å². The molecule has 0 aromatic heterocycles. The third-order valence-corrected chi connectivity index (χ3v) is 6.42. The highest BCUT2D eigenvalue weighted by molar-refractivity contribution is 5.78. The van der Waals surface area contributed by atoms with E-state index < -0.39 is 0 Å². The fourth-order valence-electron chi connectivity index (χ4n) is 4.34. The first-order valence-electron chi connectivity index (χ1n) is 13.2. The quantitative estimate of drug-likeness (QED) is 0.192. The van der Waals surface area contributed by atoms with Crippen molar-refractivity contribution in [1.82, 2.24) is 20.4 Å². The Morgan fingerprint density at radius 3 is 1.94 bits per heavy atom. The van der Waals surface area contributed by atoms with Gasteiger partial charge in [-0.15, -0.1) is 0 Å². The van der Waals surface area contributed by atoms with Crippen LogP contribution < -0.4 is 22.1 Å². The van der Waals surface area contributed by atoms with Gasteiger partial charge in [0.05, 0.1) is 19.8 Å². The van der Waals surface area contributed by atoms with Gasteiger partial charge in [-0.05, 0) is 45.2 Å². The Kier molecular flexibility index (Phi) is 15.3. The maximum Gasteiger partial charge on any atom is 0.314 e. The standard InChI is InChI=1S/C24H48N6O4/c25-21-7-11-29(19-21)13-17-33-15-4-6-23(31)5-2-1-3-9-27-24(32)28-10-16-34-18-14-30-12-8-22(26)20-30/h21-22H,1-20,25-26H2,(H2,27,28,32)/t21-,22-/m1/s1. The zero-order valence-electron chi connectivity index (χ0n) is 21.0. The number of nitrogens with one attached hydrogen (secondary N) is 2. The zero-order chi connectivity index (χ0) is 24.4. The van der Waals surface area contributed by atoms with E-state index in [0.29, 0.717) is 70.2 Å². The van der Waals surface area contributed by atoms with Crippen LogP contribution in [-0.2, 0) is 14.3 Å². The second-order valence-corrected chi connectivity index (χ2v) is 9.56. The third kappa shape index (κ3) is 14.2. The van der Waals surface area contributed by atoms with Crippen LogP contribution in [0.15, 0.2) is 0 Å². The van der Waals surface area contributed by atoms with Gasteiger partial charge >= 0.3 is 6.03 Å². The van der Waals surface area contributed by atoms with E-state index in [0.717, 1.165) is 77.8 Å². The van der Waals surface area contributed by atoms with Crippen LogP contribution in [0.2, 0.25) is 0 Å². The number of unbranched alkanes of at least 4 members (excludes halogenated alkanes) is 2. The largest absolute Gasteiger partial charge is 0.380 e. The average Bonchev–Trinajstić information content (AvgIpc) is 3.42. The number of rotatable bonds is 19. The van der Waals surface area contributed by atoms with Crippen LogP contribution in [0.4, 0.5) is 4.79 Å². The number of urea groups is 1. The molecule has 6 N–H and O–H groups in total. The molecule has 0 aromatic carbocycles. The first-order chi connectivity index (χ1) is 16.5. The van der Waals surface area contributed by atoms with Crippen molar-refractivity contribution in [3.63, 3.8) is 0 Å². The summed E-state index contributed by atoms with van der Waals surface area (Å²) in [5, 5.41) is 5.65. The molecule has 0 aromatic rings. The van der Waals surface area contributed by atoms with Crippen molar-refractivity contribution in [2.75, 3.05) is 78.8 Å². The average molecular weight is 485 g/mol. The van der Waals surface area contributed by atoms with Crippen LogP contribution in [0.1, 0.15) is 51.4 Å². The van der Waals surface area contributed by atoms with E-state index in [-0.39, 0.29) is 6.03 Å². The number of nitrogens with two attached hydrogens (primary N) is 2. The normalized spacial score (nSPS) is 21.2. The van der Waals surface area contributed by atoms with E-state index in [1.54, 1.807) is 0 Å². The topological polar surface area (TPSA) is 135 Å². The number of ketones is 1. The van der Waals surface area contributed by atoms with Crippen LogP contribution in [0.5, 0.6) is 0 Å². The molecule has 0 spiro atoms. The highest BCUT2D eigenvalue weighted by Crippen LogP contribution is 2.07. The maximum atomic E-state index is 12.0. The molecule has 2 aliphatic heterocycles.